The van der Waals surface area contributed by atoms with Crippen LogP contribution in [0.4, 0.5) is 0 Å². The number of nitrogens with zero attached hydrogens (tertiary/aromatic N) is 1. The molecule has 0 atom stereocenters. The molecule has 2 rings (SSSR count). The minimum Gasteiger partial charge on any atom is -0.342 e. The molecule has 0 aliphatic carbocycles. The summed E-state index contributed by atoms with van der Waals surface area (Å²) in [6, 6.07) is 5.37. The van der Waals surface area contributed by atoms with Crippen LogP contribution in [-0.4, -0.2) is 9.97 Å². The Hall–Kier alpha value is -0.420. The SMILES string of the molecule is CCc1[nH]c(-c2ccc(Cl)c(Cl)c2)nc(=S)c1Br. The van der Waals surface area contributed by atoms with Crippen LogP contribution in [-0.2, 0) is 6.42 Å². The van der Waals surface area contributed by atoms with Crippen LogP contribution in [0.3, 0.4) is 0 Å². The van der Waals surface area contributed by atoms with E-state index in [4.69, 9.17) is 35.4 Å². The van der Waals surface area contributed by atoms with E-state index in [1.807, 2.05) is 13.0 Å². The number of aromatic amines is 1. The summed E-state index contributed by atoms with van der Waals surface area (Å²) in [5.74, 6) is 0.693. The van der Waals surface area contributed by atoms with E-state index in [9.17, 15) is 0 Å². The summed E-state index contributed by atoms with van der Waals surface area (Å²) in [6.07, 6.45) is 0.834. The maximum atomic E-state index is 6.00. The summed E-state index contributed by atoms with van der Waals surface area (Å²) < 4.78 is 1.37. The molecule has 0 spiro atoms. The van der Waals surface area contributed by atoms with Gasteiger partial charge in [0.25, 0.3) is 0 Å². The lowest BCUT2D eigenvalue weighted by Gasteiger charge is -2.07. The lowest BCUT2D eigenvalue weighted by molar-refractivity contribution is 0.984. The molecule has 0 saturated carbocycles. The molecule has 0 saturated heterocycles. The van der Waals surface area contributed by atoms with Crippen LogP contribution in [0.2, 0.25) is 10.0 Å². The number of hydrogen-bond acceptors (Lipinski definition) is 2. The van der Waals surface area contributed by atoms with Gasteiger partial charge in [-0.1, -0.05) is 42.3 Å². The molecule has 94 valence electrons. The van der Waals surface area contributed by atoms with Gasteiger partial charge in [-0.3, -0.25) is 0 Å². The smallest absolute Gasteiger partial charge is 0.144 e. The van der Waals surface area contributed by atoms with Crippen molar-refractivity contribution in [3.8, 4) is 11.4 Å². The number of aryl methyl sites for hydroxylation is 1. The number of H-pyrrole nitrogens is 1. The van der Waals surface area contributed by atoms with E-state index in [0.717, 1.165) is 22.2 Å². The summed E-state index contributed by atoms with van der Waals surface area (Å²) in [5, 5.41) is 1.02. The second-order valence-electron chi connectivity index (χ2n) is 3.67. The molecule has 0 bridgehead atoms. The van der Waals surface area contributed by atoms with E-state index in [1.165, 1.54) is 0 Å². The van der Waals surface area contributed by atoms with Gasteiger partial charge in [-0.2, -0.15) is 0 Å². The molecule has 0 radical (unpaired) electrons. The van der Waals surface area contributed by atoms with E-state index < -0.39 is 0 Å². The Labute approximate surface area is 128 Å². The van der Waals surface area contributed by atoms with Crippen LogP contribution in [0, 0.1) is 4.64 Å². The molecular formula is C12H9BrCl2N2S. The van der Waals surface area contributed by atoms with Crippen LogP contribution < -0.4 is 0 Å². The normalized spacial score (nSPS) is 10.7. The Bertz CT molecular complexity index is 655. The molecule has 1 aromatic carbocycles. The first-order valence-corrected chi connectivity index (χ1v) is 7.22. The molecule has 0 fully saturated rings. The predicted molar refractivity (Wildman–Crippen MR) is 82.0 cm³/mol. The van der Waals surface area contributed by atoms with E-state index in [2.05, 4.69) is 25.9 Å². The molecule has 0 aliphatic rings. The lowest BCUT2D eigenvalue weighted by Crippen LogP contribution is -1.97. The molecule has 2 nitrogen and oxygen atoms in total. The highest BCUT2D eigenvalue weighted by molar-refractivity contribution is 9.10. The van der Waals surface area contributed by atoms with Gasteiger partial charge >= 0.3 is 0 Å². The third-order valence-corrected chi connectivity index (χ3v) is 4.63. The summed E-state index contributed by atoms with van der Waals surface area (Å²) in [6.45, 7) is 2.05. The zero-order valence-corrected chi connectivity index (χ0v) is 13.3. The van der Waals surface area contributed by atoms with Crippen LogP contribution >= 0.6 is 51.3 Å². The van der Waals surface area contributed by atoms with Crippen molar-refractivity contribution in [3.05, 3.63) is 43.1 Å². The average molecular weight is 364 g/mol. The molecule has 6 heteroatoms. The second kappa shape index (κ2) is 5.70. The Morgan fingerprint density at radius 1 is 1.33 bits per heavy atom. The van der Waals surface area contributed by atoms with Gasteiger partial charge < -0.3 is 4.98 Å². The van der Waals surface area contributed by atoms with Crippen molar-refractivity contribution in [2.45, 2.75) is 13.3 Å². The minimum absolute atomic E-state index is 0.497. The van der Waals surface area contributed by atoms with Gasteiger partial charge in [0, 0.05) is 11.3 Å². The van der Waals surface area contributed by atoms with Crippen molar-refractivity contribution < 1.29 is 0 Å². The first kappa shape index (κ1) is 14.0. The number of rotatable bonds is 2. The van der Waals surface area contributed by atoms with Gasteiger partial charge in [0.05, 0.1) is 14.5 Å². The van der Waals surface area contributed by atoms with Crippen LogP contribution in [0.25, 0.3) is 11.4 Å². The molecule has 0 amide bonds. The summed E-state index contributed by atoms with van der Waals surface area (Å²) in [4.78, 5) is 7.57. The topological polar surface area (TPSA) is 28.7 Å². The summed E-state index contributed by atoms with van der Waals surface area (Å²) in [7, 11) is 0. The van der Waals surface area contributed by atoms with E-state index in [-0.39, 0.29) is 0 Å². The predicted octanol–water partition coefficient (Wildman–Crippen LogP) is 5.44. The van der Waals surface area contributed by atoms with Gasteiger partial charge in [-0.25, -0.2) is 4.98 Å². The quantitative estimate of drug-likeness (QED) is 0.720. The second-order valence-corrected chi connectivity index (χ2v) is 5.66. The standard InChI is InChI=1S/C12H9BrCl2N2S/c1-2-9-10(13)12(18)17-11(16-9)6-3-4-7(14)8(15)5-6/h3-5H,2H2,1H3,(H,16,17,18). The molecule has 0 aliphatic heterocycles. The Kier molecular flexibility index (Phi) is 4.43. The zero-order chi connectivity index (χ0) is 13.3. The molecular weight excluding hydrogens is 355 g/mol. The Balaban J connectivity index is 2.60. The largest absolute Gasteiger partial charge is 0.342 e. The van der Waals surface area contributed by atoms with Crippen molar-refractivity contribution in [1.82, 2.24) is 9.97 Å². The van der Waals surface area contributed by atoms with Crippen molar-refractivity contribution in [2.24, 2.45) is 0 Å². The first-order valence-electron chi connectivity index (χ1n) is 5.27. The zero-order valence-electron chi connectivity index (χ0n) is 9.43. The Morgan fingerprint density at radius 3 is 2.67 bits per heavy atom. The van der Waals surface area contributed by atoms with Gasteiger partial charge in [-0.15, -0.1) is 0 Å². The fraction of sp³-hybridized carbons (Fsp3) is 0.167. The van der Waals surface area contributed by atoms with Crippen molar-refractivity contribution in [3.63, 3.8) is 0 Å². The van der Waals surface area contributed by atoms with E-state index in [0.29, 0.717) is 20.5 Å². The number of aromatic nitrogens is 2. The van der Waals surface area contributed by atoms with Crippen LogP contribution in [0.15, 0.2) is 22.7 Å². The monoisotopic (exact) mass is 362 g/mol. The van der Waals surface area contributed by atoms with Crippen molar-refractivity contribution in [1.29, 1.82) is 0 Å². The number of benzene rings is 1. The van der Waals surface area contributed by atoms with Crippen LogP contribution in [0.5, 0.6) is 0 Å². The van der Waals surface area contributed by atoms with E-state index >= 15 is 0 Å². The highest BCUT2D eigenvalue weighted by Gasteiger charge is 2.08. The molecule has 1 heterocycles. The summed E-state index contributed by atoms with van der Waals surface area (Å²) >= 11 is 20.5. The molecule has 0 unspecified atom stereocenters. The molecule has 2 aromatic rings. The third kappa shape index (κ3) is 2.77. The molecule has 1 aromatic heterocycles. The fourth-order valence-corrected chi connectivity index (χ4v) is 2.51. The lowest BCUT2D eigenvalue weighted by atomic mass is 10.2. The van der Waals surface area contributed by atoms with Gasteiger partial charge in [-0.05, 0) is 40.5 Å². The average Bonchev–Trinajstić information content (AvgIpc) is 2.36. The fourth-order valence-electron chi connectivity index (χ4n) is 1.53. The first-order chi connectivity index (χ1) is 8.52. The third-order valence-electron chi connectivity index (χ3n) is 2.48. The van der Waals surface area contributed by atoms with Gasteiger partial charge in [0.1, 0.15) is 10.5 Å². The van der Waals surface area contributed by atoms with Crippen molar-refractivity contribution >= 4 is 51.3 Å². The summed E-state index contributed by atoms with van der Waals surface area (Å²) in [5.41, 5.74) is 1.87. The highest BCUT2D eigenvalue weighted by Crippen LogP contribution is 2.28. The van der Waals surface area contributed by atoms with Crippen molar-refractivity contribution in [2.75, 3.05) is 0 Å². The Morgan fingerprint density at radius 2 is 2.06 bits per heavy atom. The van der Waals surface area contributed by atoms with Crippen LogP contribution in [0.1, 0.15) is 12.6 Å². The van der Waals surface area contributed by atoms with E-state index in [1.54, 1.807) is 12.1 Å². The minimum atomic E-state index is 0.497. The maximum absolute atomic E-state index is 6.00. The molecule has 1 N–H and O–H groups in total. The van der Waals surface area contributed by atoms with Gasteiger partial charge in [0.15, 0.2) is 0 Å². The number of halogens is 3. The highest BCUT2D eigenvalue weighted by atomic mass is 79.9. The molecule has 18 heavy (non-hydrogen) atoms. The maximum Gasteiger partial charge on any atom is 0.144 e. The number of nitrogens with one attached hydrogen (secondary N) is 1. The van der Waals surface area contributed by atoms with Gasteiger partial charge in [0.2, 0.25) is 0 Å². The number of hydrogen-bond donors (Lipinski definition) is 1.